The first kappa shape index (κ1) is 18.2. The van der Waals surface area contributed by atoms with Crippen LogP contribution in [0.2, 0.25) is 0 Å². The highest BCUT2D eigenvalue weighted by atomic mass is 19.1. The predicted molar refractivity (Wildman–Crippen MR) is 87.2 cm³/mol. The highest BCUT2D eigenvalue weighted by molar-refractivity contribution is 5.96. The molecule has 7 heteroatoms. The van der Waals surface area contributed by atoms with E-state index in [9.17, 15) is 19.1 Å². The van der Waals surface area contributed by atoms with Crippen molar-refractivity contribution < 1.29 is 24.2 Å². The first-order chi connectivity index (χ1) is 11.3. The Balaban J connectivity index is 2.20. The predicted octanol–water partition coefficient (Wildman–Crippen LogP) is 1.68. The van der Waals surface area contributed by atoms with Crippen LogP contribution in [-0.4, -0.2) is 41.3 Å². The minimum Gasteiger partial charge on any atom is -0.481 e. The van der Waals surface area contributed by atoms with E-state index in [-0.39, 0.29) is 6.10 Å². The molecule has 1 aliphatic rings. The Labute approximate surface area is 140 Å². The molecule has 3 N–H and O–H groups in total. The number of carbonyl (C=O) groups is 2. The first-order valence-electron chi connectivity index (χ1n) is 8.05. The van der Waals surface area contributed by atoms with Crippen LogP contribution in [0.1, 0.15) is 38.3 Å². The summed E-state index contributed by atoms with van der Waals surface area (Å²) in [4.78, 5) is 24.9. The van der Waals surface area contributed by atoms with Gasteiger partial charge in [-0.05, 0) is 44.9 Å². The second-order valence-corrected chi connectivity index (χ2v) is 6.21. The van der Waals surface area contributed by atoms with Crippen molar-refractivity contribution in [3.05, 3.63) is 29.6 Å². The Morgan fingerprint density at radius 2 is 1.92 bits per heavy atom. The number of carboxylic acids is 1. The lowest BCUT2D eigenvalue weighted by molar-refractivity contribution is -0.146. The maximum Gasteiger partial charge on any atom is 0.315 e. The van der Waals surface area contributed by atoms with Gasteiger partial charge in [0.25, 0.3) is 0 Å². The molecule has 2 unspecified atom stereocenters. The number of carboxylic acid groups (broad SMARTS) is 1. The lowest BCUT2D eigenvalue weighted by atomic mass is 10.0. The van der Waals surface area contributed by atoms with Gasteiger partial charge < -0.3 is 20.4 Å². The summed E-state index contributed by atoms with van der Waals surface area (Å²) in [5.74, 6) is -3.41. The number of nitrogens with one attached hydrogen (secondary N) is 1. The highest BCUT2D eigenvalue weighted by Crippen LogP contribution is 2.29. The number of amides is 1. The summed E-state index contributed by atoms with van der Waals surface area (Å²) >= 11 is 0. The number of piperidine rings is 1. The smallest absolute Gasteiger partial charge is 0.315 e. The van der Waals surface area contributed by atoms with E-state index in [1.54, 1.807) is 13.0 Å². The van der Waals surface area contributed by atoms with Crippen LogP contribution in [0.5, 0.6) is 0 Å². The Bertz CT molecular complexity index is 615. The van der Waals surface area contributed by atoms with E-state index < -0.39 is 29.7 Å². The summed E-state index contributed by atoms with van der Waals surface area (Å²) in [6.07, 6.45) is 0.944. The third-order valence-corrected chi connectivity index (χ3v) is 4.38. The Morgan fingerprint density at radius 3 is 2.50 bits per heavy atom. The topological polar surface area (TPSA) is 89.9 Å². The third-order valence-electron chi connectivity index (χ3n) is 4.38. The van der Waals surface area contributed by atoms with E-state index in [2.05, 4.69) is 5.32 Å². The van der Waals surface area contributed by atoms with Gasteiger partial charge in [-0.2, -0.15) is 0 Å². The number of carbonyl (C=O) groups excluding carboxylic acids is 1. The van der Waals surface area contributed by atoms with Crippen LogP contribution in [0.3, 0.4) is 0 Å². The minimum absolute atomic E-state index is 0.321. The molecule has 132 valence electrons. The number of benzene rings is 1. The fraction of sp³-hybridized carbons (Fsp3) is 0.529. The summed E-state index contributed by atoms with van der Waals surface area (Å²) in [5.41, 5.74) is 1.39. The largest absolute Gasteiger partial charge is 0.481 e. The molecule has 1 heterocycles. The lowest BCUT2D eigenvalue weighted by Crippen LogP contribution is -2.38. The number of anilines is 1. The molecule has 24 heavy (non-hydrogen) atoms. The summed E-state index contributed by atoms with van der Waals surface area (Å²) in [6.45, 7) is 4.30. The Kier molecular flexibility index (Phi) is 5.77. The molecule has 0 radical (unpaired) electrons. The molecule has 0 saturated carbocycles. The van der Waals surface area contributed by atoms with E-state index in [1.165, 1.54) is 19.1 Å². The Morgan fingerprint density at radius 1 is 1.29 bits per heavy atom. The van der Waals surface area contributed by atoms with E-state index >= 15 is 0 Å². The standard InChI is InChI=1S/C17H23FN2O4/c1-10(17(23)24)16(22)19-11(2)14-9-12(18)3-4-15(14)20-7-5-13(21)6-8-20/h3-4,9-11,13,21H,5-8H2,1-2H3,(H,19,22)(H,23,24). The number of nitrogens with zero attached hydrogens (tertiary/aromatic N) is 1. The van der Waals surface area contributed by atoms with Gasteiger partial charge >= 0.3 is 5.97 Å². The zero-order chi connectivity index (χ0) is 17.9. The van der Waals surface area contributed by atoms with Crippen LogP contribution < -0.4 is 10.2 Å². The third kappa shape index (κ3) is 4.23. The van der Waals surface area contributed by atoms with E-state index in [0.717, 1.165) is 5.69 Å². The van der Waals surface area contributed by atoms with Gasteiger partial charge in [0.05, 0.1) is 12.1 Å². The quantitative estimate of drug-likeness (QED) is 0.711. The molecule has 1 amide bonds. The van der Waals surface area contributed by atoms with Gasteiger partial charge in [-0.15, -0.1) is 0 Å². The SMILES string of the molecule is CC(C(=O)O)C(=O)NC(C)c1cc(F)ccc1N1CCC(O)CC1. The second-order valence-electron chi connectivity index (χ2n) is 6.21. The fourth-order valence-corrected chi connectivity index (χ4v) is 2.80. The maximum atomic E-state index is 13.7. The lowest BCUT2D eigenvalue weighted by Gasteiger charge is -2.34. The van der Waals surface area contributed by atoms with Crippen molar-refractivity contribution >= 4 is 17.6 Å². The van der Waals surface area contributed by atoms with Gasteiger partial charge in [0.15, 0.2) is 0 Å². The molecule has 1 aromatic rings. The molecular formula is C17H23FN2O4. The molecular weight excluding hydrogens is 315 g/mol. The number of hydrogen-bond donors (Lipinski definition) is 3. The number of aliphatic hydroxyl groups excluding tert-OH is 1. The van der Waals surface area contributed by atoms with Crippen LogP contribution in [0.4, 0.5) is 10.1 Å². The van der Waals surface area contributed by atoms with Crippen molar-refractivity contribution in [2.24, 2.45) is 5.92 Å². The van der Waals surface area contributed by atoms with Gasteiger partial charge in [-0.1, -0.05) is 0 Å². The number of rotatable bonds is 5. The molecule has 6 nitrogen and oxygen atoms in total. The Hall–Kier alpha value is -2.15. The van der Waals surface area contributed by atoms with Crippen LogP contribution >= 0.6 is 0 Å². The average Bonchev–Trinajstić information content (AvgIpc) is 2.54. The zero-order valence-electron chi connectivity index (χ0n) is 13.8. The fourth-order valence-electron chi connectivity index (χ4n) is 2.80. The number of halogens is 1. The monoisotopic (exact) mass is 338 g/mol. The highest BCUT2D eigenvalue weighted by Gasteiger charge is 2.25. The van der Waals surface area contributed by atoms with E-state index in [4.69, 9.17) is 5.11 Å². The van der Waals surface area contributed by atoms with Crippen molar-refractivity contribution in [2.45, 2.75) is 38.8 Å². The van der Waals surface area contributed by atoms with Crippen LogP contribution in [0.25, 0.3) is 0 Å². The first-order valence-corrected chi connectivity index (χ1v) is 8.05. The number of hydrogen-bond acceptors (Lipinski definition) is 4. The van der Waals surface area contributed by atoms with Gasteiger partial charge in [-0.3, -0.25) is 9.59 Å². The van der Waals surface area contributed by atoms with Crippen molar-refractivity contribution in [1.29, 1.82) is 0 Å². The maximum absolute atomic E-state index is 13.7. The molecule has 0 aromatic heterocycles. The molecule has 0 aliphatic carbocycles. The van der Waals surface area contributed by atoms with Gasteiger partial charge in [0, 0.05) is 24.3 Å². The van der Waals surface area contributed by atoms with Crippen LogP contribution in [-0.2, 0) is 9.59 Å². The summed E-state index contributed by atoms with van der Waals surface area (Å²) < 4.78 is 13.7. The number of aliphatic hydroxyl groups is 1. The molecule has 1 fully saturated rings. The summed E-state index contributed by atoms with van der Waals surface area (Å²) in [6, 6.07) is 3.84. The molecule has 0 bridgehead atoms. The molecule has 2 rings (SSSR count). The molecule has 1 aliphatic heterocycles. The van der Waals surface area contributed by atoms with Crippen molar-refractivity contribution in [3.8, 4) is 0 Å². The van der Waals surface area contributed by atoms with E-state index in [0.29, 0.717) is 31.5 Å². The molecule has 0 spiro atoms. The molecule has 2 atom stereocenters. The van der Waals surface area contributed by atoms with Gasteiger partial charge in [0.1, 0.15) is 11.7 Å². The number of aliphatic carboxylic acids is 1. The van der Waals surface area contributed by atoms with Crippen molar-refractivity contribution in [3.63, 3.8) is 0 Å². The van der Waals surface area contributed by atoms with Crippen LogP contribution in [0, 0.1) is 11.7 Å². The normalized spacial score (nSPS) is 18.1. The second kappa shape index (κ2) is 7.61. The zero-order valence-corrected chi connectivity index (χ0v) is 13.8. The average molecular weight is 338 g/mol. The van der Waals surface area contributed by atoms with E-state index in [1.807, 2.05) is 4.90 Å². The molecule has 1 aromatic carbocycles. The van der Waals surface area contributed by atoms with Crippen molar-refractivity contribution in [2.75, 3.05) is 18.0 Å². The van der Waals surface area contributed by atoms with Gasteiger partial charge in [-0.25, -0.2) is 4.39 Å². The van der Waals surface area contributed by atoms with Gasteiger partial charge in [0.2, 0.25) is 5.91 Å². The minimum atomic E-state index is -1.20. The van der Waals surface area contributed by atoms with Crippen molar-refractivity contribution in [1.82, 2.24) is 5.32 Å². The molecule has 1 saturated heterocycles. The van der Waals surface area contributed by atoms with Crippen LogP contribution in [0.15, 0.2) is 18.2 Å². The summed E-state index contributed by atoms with van der Waals surface area (Å²) in [7, 11) is 0. The summed E-state index contributed by atoms with van der Waals surface area (Å²) in [5, 5.41) is 21.2.